The fourth-order valence-electron chi connectivity index (χ4n) is 2.09. The molecule has 0 aromatic heterocycles. The van der Waals surface area contributed by atoms with E-state index in [0.717, 1.165) is 32.5 Å². The van der Waals surface area contributed by atoms with Gasteiger partial charge in [0.25, 0.3) is 0 Å². The van der Waals surface area contributed by atoms with Crippen LogP contribution in [0.1, 0.15) is 19.8 Å². The summed E-state index contributed by atoms with van der Waals surface area (Å²) in [6.45, 7) is 7.02. The summed E-state index contributed by atoms with van der Waals surface area (Å²) >= 11 is 0. The lowest BCUT2D eigenvalue weighted by Gasteiger charge is -2.37. The first-order chi connectivity index (χ1) is 8.56. The highest BCUT2D eigenvalue weighted by atomic mass is 16.5. The lowest BCUT2D eigenvalue weighted by molar-refractivity contribution is -0.120. The van der Waals surface area contributed by atoms with Crippen LogP contribution < -0.4 is 10.6 Å². The highest BCUT2D eigenvalue weighted by Gasteiger charge is 2.28. The fourth-order valence-corrected chi connectivity index (χ4v) is 2.09. The summed E-state index contributed by atoms with van der Waals surface area (Å²) in [5, 5.41) is 6.07. The third-order valence-electron chi connectivity index (χ3n) is 3.68. The molecule has 1 fully saturated rings. The summed E-state index contributed by atoms with van der Waals surface area (Å²) in [7, 11) is 3.81. The third kappa shape index (κ3) is 5.80. The van der Waals surface area contributed by atoms with E-state index in [1.807, 2.05) is 0 Å². The van der Waals surface area contributed by atoms with Gasteiger partial charge in [-0.05, 0) is 38.4 Å². The number of hydrogen-bond donors (Lipinski definition) is 2. The van der Waals surface area contributed by atoms with Gasteiger partial charge in [-0.25, -0.2) is 0 Å². The van der Waals surface area contributed by atoms with Crippen molar-refractivity contribution in [2.75, 3.05) is 53.5 Å². The molecule has 1 heterocycles. The maximum Gasteiger partial charge on any atom is 0.233 e. The Hall–Kier alpha value is -0.650. The number of carbonyl (C=O) groups is 1. The quantitative estimate of drug-likeness (QED) is 0.634. The van der Waals surface area contributed by atoms with Crippen LogP contribution in [0.4, 0.5) is 0 Å². The van der Waals surface area contributed by atoms with Gasteiger partial charge in [0.05, 0.1) is 13.2 Å². The zero-order valence-electron chi connectivity index (χ0n) is 11.9. The topological polar surface area (TPSA) is 53.6 Å². The molecule has 1 rings (SSSR count). The van der Waals surface area contributed by atoms with Crippen molar-refractivity contribution in [3.05, 3.63) is 0 Å². The van der Waals surface area contributed by atoms with Crippen LogP contribution in [0, 0.1) is 5.41 Å². The molecule has 5 nitrogen and oxygen atoms in total. The van der Waals surface area contributed by atoms with Gasteiger partial charge in [0, 0.05) is 20.2 Å². The zero-order chi connectivity index (χ0) is 13.4. The van der Waals surface area contributed by atoms with Crippen molar-refractivity contribution in [1.29, 1.82) is 0 Å². The Morgan fingerprint density at radius 2 is 2.06 bits per heavy atom. The number of rotatable bonds is 7. The fraction of sp³-hybridized carbons (Fsp3) is 0.923. The first kappa shape index (κ1) is 15.4. The molecule has 0 aliphatic carbocycles. The summed E-state index contributed by atoms with van der Waals surface area (Å²) in [5.74, 6) is 0.0752. The first-order valence-electron chi connectivity index (χ1n) is 6.71. The van der Waals surface area contributed by atoms with Gasteiger partial charge in [0.2, 0.25) is 5.91 Å². The summed E-state index contributed by atoms with van der Waals surface area (Å²) in [5.41, 5.74) is 0.259. The lowest BCUT2D eigenvalue weighted by atomic mass is 9.80. The molecular formula is C13H27N3O2. The van der Waals surface area contributed by atoms with E-state index in [1.54, 1.807) is 7.11 Å². The number of nitrogens with one attached hydrogen (secondary N) is 2. The molecule has 0 aromatic carbocycles. The summed E-state index contributed by atoms with van der Waals surface area (Å²) in [4.78, 5) is 14.0. The molecule has 0 spiro atoms. The Bertz CT molecular complexity index is 251. The molecule has 0 atom stereocenters. The molecule has 1 amide bonds. The molecule has 106 valence electrons. The average Bonchev–Trinajstić information content (AvgIpc) is 2.36. The molecule has 0 bridgehead atoms. The van der Waals surface area contributed by atoms with Crippen LogP contribution in [-0.2, 0) is 9.53 Å². The summed E-state index contributed by atoms with van der Waals surface area (Å²) < 4.78 is 4.91. The second-order valence-electron chi connectivity index (χ2n) is 5.56. The number of nitrogens with zero attached hydrogens (tertiary/aromatic N) is 1. The number of hydrogen-bond acceptors (Lipinski definition) is 4. The van der Waals surface area contributed by atoms with Gasteiger partial charge in [-0.3, -0.25) is 4.79 Å². The Balaban J connectivity index is 2.13. The molecule has 18 heavy (non-hydrogen) atoms. The maximum atomic E-state index is 11.6. The van der Waals surface area contributed by atoms with E-state index < -0.39 is 0 Å². The number of likely N-dealkylation sites (tertiary alicyclic amines) is 1. The van der Waals surface area contributed by atoms with Crippen molar-refractivity contribution < 1.29 is 9.53 Å². The molecule has 2 N–H and O–H groups in total. The second-order valence-corrected chi connectivity index (χ2v) is 5.56. The minimum absolute atomic E-state index is 0.0752. The Labute approximate surface area is 110 Å². The lowest BCUT2D eigenvalue weighted by Crippen LogP contribution is -2.45. The van der Waals surface area contributed by atoms with E-state index in [9.17, 15) is 4.79 Å². The number of methoxy groups -OCH3 is 1. The Morgan fingerprint density at radius 1 is 1.39 bits per heavy atom. The van der Waals surface area contributed by atoms with Crippen LogP contribution in [0.3, 0.4) is 0 Å². The molecule has 0 unspecified atom stereocenters. The van der Waals surface area contributed by atoms with E-state index in [0.29, 0.717) is 19.7 Å². The van der Waals surface area contributed by atoms with Crippen molar-refractivity contribution in [1.82, 2.24) is 15.5 Å². The molecule has 5 heteroatoms. The zero-order valence-corrected chi connectivity index (χ0v) is 11.9. The predicted molar refractivity (Wildman–Crippen MR) is 72.6 cm³/mol. The van der Waals surface area contributed by atoms with Gasteiger partial charge in [-0.1, -0.05) is 6.92 Å². The number of carbonyl (C=O) groups excluding carboxylic acids is 1. The SMILES string of the molecule is COCCNCC(=O)NCC1(C)CCN(C)CC1. The van der Waals surface area contributed by atoms with Crippen molar-refractivity contribution in [2.24, 2.45) is 5.41 Å². The highest BCUT2D eigenvalue weighted by Crippen LogP contribution is 2.29. The smallest absolute Gasteiger partial charge is 0.233 e. The molecular weight excluding hydrogens is 230 g/mol. The van der Waals surface area contributed by atoms with Gasteiger partial charge in [-0.2, -0.15) is 0 Å². The Morgan fingerprint density at radius 3 is 2.67 bits per heavy atom. The van der Waals surface area contributed by atoms with Gasteiger partial charge >= 0.3 is 0 Å². The van der Waals surface area contributed by atoms with Gasteiger partial charge in [0.15, 0.2) is 0 Å². The number of piperidine rings is 1. The van der Waals surface area contributed by atoms with Crippen molar-refractivity contribution in [3.8, 4) is 0 Å². The van der Waals surface area contributed by atoms with Crippen molar-refractivity contribution in [2.45, 2.75) is 19.8 Å². The molecule has 0 radical (unpaired) electrons. The predicted octanol–water partition coefficient (Wildman–Crippen LogP) is 0.0705. The van der Waals surface area contributed by atoms with Gasteiger partial charge in [-0.15, -0.1) is 0 Å². The molecule has 0 saturated carbocycles. The average molecular weight is 257 g/mol. The summed E-state index contributed by atoms with van der Waals surface area (Å²) in [6, 6.07) is 0. The minimum atomic E-state index is 0.0752. The van der Waals surface area contributed by atoms with Crippen LogP contribution in [0.2, 0.25) is 0 Å². The number of ether oxygens (including phenoxy) is 1. The van der Waals surface area contributed by atoms with Crippen molar-refractivity contribution in [3.63, 3.8) is 0 Å². The standard InChI is InChI=1S/C13H27N3O2/c1-13(4-7-16(2)8-5-13)11-15-12(17)10-14-6-9-18-3/h14H,4-11H2,1-3H3,(H,15,17). The normalized spacial score (nSPS) is 19.7. The van der Waals surface area contributed by atoms with E-state index in [-0.39, 0.29) is 11.3 Å². The van der Waals surface area contributed by atoms with Crippen LogP contribution in [0.25, 0.3) is 0 Å². The van der Waals surface area contributed by atoms with E-state index >= 15 is 0 Å². The highest BCUT2D eigenvalue weighted by molar-refractivity contribution is 5.78. The van der Waals surface area contributed by atoms with Crippen molar-refractivity contribution >= 4 is 5.91 Å². The molecule has 1 aliphatic heterocycles. The third-order valence-corrected chi connectivity index (χ3v) is 3.68. The van der Waals surface area contributed by atoms with Crippen LogP contribution >= 0.6 is 0 Å². The van der Waals surface area contributed by atoms with Crippen LogP contribution in [0.5, 0.6) is 0 Å². The monoisotopic (exact) mass is 257 g/mol. The van der Waals surface area contributed by atoms with E-state index in [4.69, 9.17) is 4.74 Å². The molecule has 1 saturated heterocycles. The Kier molecular flexibility index (Phi) is 6.60. The van der Waals surface area contributed by atoms with Crippen LogP contribution in [0.15, 0.2) is 0 Å². The maximum absolute atomic E-state index is 11.6. The van der Waals surface area contributed by atoms with Gasteiger partial charge < -0.3 is 20.3 Å². The minimum Gasteiger partial charge on any atom is -0.383 e. The number of amides is 1. The largest absolute Gasteiger partial charge is 0.383 e. The van der Waals surface area contributed by atoms with Crippen LogP contribution in [-0.4, -0.2) is 64.3 Å². The van der Waals surface area contributed by atoms with E-state index in [1.165, 1.54) is 0 Å². The second kappa shape index (κ2) is 7.71. The molecule has 1 aliphatic rings. The molecule has 0 aromatic rings. The first-order valence-corrected chi connectivity index (χ1v) is 6.71. The van der Waals surface area contributed by atoms with Gasteiger partial charge in [0.1, 0.15) is 0 Å². The summed E-state index contributed by atoms with van der Waals surface area (Å²) in [6.07, 6.45) is 2.31. The van der Waals surface area contributed by atoms with E-state index in [2.05, 4.69) is 29.5 Å².